The molecule has 3 nitrogen and oxygen atoms in total. The molecule has 0 saturated heterocycles. The molecule has 0 saturated carbocycles. The van der Waals surface area contributed by atoms with Crippen molar-refractivity contribution in [1.82, 2.24) is 5.32 Å². The molecule has 3 rings (SSSR count). The van der Waals surface area contributed by atoms with Crippen molar-refractivity contribution in [1.29, 1.82) is 0 Å². The van der Waals surface area contributed by atoms with Gasteiger partial charge < -0.3 is 27.2 Å². The van der Waals surface area contributed by atoms with Gasteiger partial charge in [0, 0.05) is 12.1 Å². The Morgan fingerprint density at radius 2 is 1.52 bits per heavy atom. The van der Waals surface area contributed by atoms with Crippen LogP contribution in [0.4, 0.5) is 0 Å². The zero-order valence-electron chi connectivity index (χ0n) is 12.7. The Morgan fingerprint density at radius 1 is 0.870 bits per heavy atom. The summed E-state index contributed by atoms with van der Waals surface area (Å²) in [5.41, 5.74) is 1.98. The predicted molar refractivity (Wildman–Crippen MR) is 87.3 cm³/mol. The van der Waals surface area contributed by atoms with Gasteiger partial charge in [0.05, 0.1) is 12.6 Å². The minimum atomic E-state index is -0.509. The van der Waals surface area contributed by atoms with E-state index in [4.69, 9.17) is 4.42 Å². The topological polar surface area (TPSA) is 45.4 Å². The highest BCUT2D eigenvalue weighted by molar-refractivity contribution is 5.57. The van der Waals surface area contributed by atoms with E-state index < -0.39 is 6.10 Å². The third kappa shape index (κ3) is 4.70. The molecule has 1 atom stereocenters. The van der Waals surface area contributed by atoms with Gasteiger partial charge >= 0.3 is 0 Å². The van der Waals surface area contributed by atoms with Crippen LogP contribution < -0.4 is 17.7 Å². The maximum atomic E-state index is 10.1. The van der Waals surface area contributed by atoms with Gasteiger partial charge in [0.1, 0.15) is 11.5 Å². The fourth-order valence-electron chi connectivity index (χ4n) is 2.36. The monoisotopic (exact) mass is 328 g/mol. The van der Waals surface area contributed by atoms with Crippen LogP contribution in [0.1, 0.15) is 17.4 Å². The second kappa shape index (κ2) is 8.53. The number of aliphatic hydroxyl groups excluding tert-OH is 1. The first kappa shape index (κ1) is 17.3. The summed E-state index contributed by atoms with van der Waals surface area (Å²) < 4.78 is 5.81. The maximum Gasteiger partial charge on any atom is 0.134 e. The van der Waals surface area contributed by atoms with Crippen molar-refractivity contribution < 1.29 is 21.9 Å². The van der Waals surface area contributed by atoms with Crippen LogP contribution in [0.15, 0.2) is 77.2 Å². The molecule has 0 aliphatic carbocycles. The summed E-state index contributed by atoms with van der Waals surface area (Å²) in [7, 11) is 0. The lowest BCUT2D eigenvalue weighted by molar-refractivity contribution is -0.00000671. The molecule has 0 aliphatic heterocycles. The van der Waals surface area contributed by atoms with E-state index >= 15 is 0 Å². The number of benzene rings is 2. The Kier molecular flexibility index (Phi) is 6.41. The Morgan fingerprint density at radius 3 is 2.22 bits per heavy atom. The number of nitrogens with one attached hydrogen (secondary N) is 1. The van der Waals surface area contributed by atoms with Crippen molar-refractivity contribution in [3.8, 4) is 11.3 Å². The molecule has 0 spiro atoms. The number of halogens is 1. The normalized spacial score (nSPS) is 11.7. The van der Waals surface area contributed by atoms with E-state index in [1.165, 1.54) is 0 Å². The van der Waals surface area contributed by atoms with Crippen molar-refractivity contribution in [2.24, 2.45) is 0 Å². The summed E-state index contributed by atoms with van der Waals surface area (Å²) in [6.07, 6.45) is -0.509. The zero-order chi connectivity index (χ0) is 15.2. The summed E-state index contributed by atoms with van der Waals surface area (Å²) >= 11 is 0. The Balaban J connectivity index is 0.00000192. The summed E-state index contributed by atoms with van der Waals surface area (Å²) in [6.45, 7) is 1.09. The molecule has 0 fully saturated rings. The first-order chi connectivity index (χ1) is 10.8. The van der Waals surface area contributed by atoms with Gasteiger partial charge in [-0.2, -0.15) is 0 Å². The highest BCUT2D eigenvalue weighted by Gasteiger charge is 2.08. The summed E-state index contributed by atoms with van der Waals surface area (Å²) in [6, 6.07) is 23.6. The molecule has 0 radical (unpaired) electrons. The van der Waals surface area contributed by atoms with Crippen LogP contribution in [0.25, 0.3) is 11.3 Å². The average Bonchev–Trinajstić information content (AvgIpc) is 3.05. The highest BCUT2D eigenvalue weighted by Crippen LogP contribution is 2.21. The standard InChI is InChI=1S/C19H19NO2.ClH/c21-18(15-7-3-1-4-8-15)14-20-13-17-11-12-19(22-17)16-9-5-2-6-10-16;/h1-12,18,20-21H,13-14H2;1H/p-1. The van der Waals surface area contributed by atoms with Gasteiger partial charge in [0.2, 0.25) is 0 Å². The van der Waals surface area contributed by atoms with Crippen LogP contribution in [-0.4, -0.2) is 11.7 Å². The molecule has 2 aromatic carbocycles. The minimum absolute atomic E-state index is 0. The summed E-state index contributed by atoms with van der Waals surface area (Å²) in [4.78, 5) is 0. The van der Waals surface area contributed by atoms with Crippen LogP contribution in [0.3, 0.4) is 0 Å². The molecule has 0 amide bonds. The molecule has 4 heteroatoms. The van der Waals surface area contributed by atoms with E-state index in [2.05, 4.69) is 5.32 Å². The van der Waals surface area contributed by atoms with Gasteiger partial charge in [0.25, 0.3) is 0 Å². The maximum absolute atomic E-state index is 10.1. The molecule has 1 unspecified atom stereocenters. The lowest BCUT2D eigenvalue weighted by Crippen LogP contribution is -3.00. The molecular formula is C19H19ClNO2-. The Labute approximate surface area is 142 Å². The summed E-state index contributed by atoms with van der Waals surface area (Å²) in [5.74, 6) is 1.72. The number of hydrogen-bond acceptors (Lipinski definition) is 3. The molecule has 23 heavy (non-hydrogen) atoms. The van der Waals surface area contributed by atoms with Crippen molar-refractivity contribution in [2.45, 2.75) is 12.6 Å². The molecular weight excluding hydrogens is 310 g/mol. The SMILES string of the molecule is OC(CNCc1ccc(-c2ccccc2)o1)c1ccccc1.[Cl-]. The smallest absolute Gasteiger partial charge is 0.134 e. The van der Waals surface area contributed by atoms with Gasteiger partial charge in [-0.15, -0.1) is 0 Å². The molecule has 0 aliphatic rings. The Bertz CT molecular complexity index is 698. The van der Waals surface area contributed by atoms with E-state index in [0.29, 0.717) is 13.1 Å². The van der Waals surface area contributed by atoms with Crippen molar-refractivity contribution in [2.75, 3.05) is 6.54 Å². The molecule has 3 aromatic rings. The molecule has 1 heterocycles. The number of furan rings is 1. The van der Waals surface area contributed by atoms with E-state index in [1.807, 2.05) is 72.8 Å². The van der Waals surface area contributed by atoms with Crippen molar-refractivity contribution in [3.05, 3.63) is 84.1 Å². The third-order valence-corrected chi connectivity index (χ3v) is 3.54. The van der Waals surface area contributed by atoms with Gasteiger partial charge in [-0.1, -0.05) is 60.7 Å². The second-order valence-corrected chi connectivity index (χ2v) is 5.19. The van der Waals surface area contributed by atoms with Gasteiger partial charge in [-0.05, 0) is 17.7 Å². The van der Waals surface area contributed by atoms with E-state index in [9.17, 15) is 5.11 Å². The average molecular weight is 329 g/mol. The van der Waals surface area contributed by atoms with Gasteiger partial charge in [-0.3, -0.25) is 0 Å². The fourth-order valence-corrected chi connectivity index (χ4v) is 2.36. The molecule has 1 aromatic heterocycles. The minimum Gasteiger partial charge on any atom is -1.00 e. The van der Waals surface area contributed by atoms with E-state index in [0.717, 1.165) is 22.6 Å². The van der Waals surface area contributed by atoms with Gasteiger partial charge in [-0.25, -0.2) is 0 Å². The van der Waals surface area contributed by atoms with E-state index in [-0.39, 0.29) is 12.4 Å². The third-order valence-electron chi connectivity index (χ3n) is 3.54. The van der Waals surface area contributed by atoms with Crippen LogP contribution in [0.5, 0.6) is 0 Å². The molecule has 120 valence electrons. The summed E-state index contributed by atoms with van der Waals surface area (Å²) in [5, 5.41) is 13.3. The predicted octanol–water partition coefficient (Wildman–Crippen LogP) is 0.774. The van der Waals surface area contributed by atoms with E-state index in [1.54, 1.807) is 0 Å². The lowest BCUT2D eigenvalue weighted by atomic mass is 10.1. The first-order valence-electron chi connectivity index (χ1n) is 7.41. The number of aliphatic hydroxyl groups is 1. The van der Waals surface area contributed by atoms with Crippen LogP contribution in [-0.2, 0) is 6.54 Å². The van der Waals surface area contributed by atoms with Crippen LogP contribution >= 0.6 is 0 Å². The molecule has 0 bridgehead atoms. The largest absolute Gasteiger partial charge is 1.00 e. The first-order valence-corrected chi connectivity index (χ1v) is 7.41. The highest BCUT2D eigenvalue weighted by atomic mass is 35.5. The second-order valence-electron chi connectivity index (χ2n) is 5.19. The van der Waals surface area contributed by atoms with Crippen molar-refractivity contribution in [3.63, 3.8) is 0 Å². The van der Waals surface area contributed by atoms with Gasteiger partial charge in [0.15, 0.2) is 0 Å². The number of hydrogen-bond donors (Lipinski definition) is 2. The lowest BCUT2D eigenvalue weighted by Gasteiger charge is -2.11. The molecule has 2 N–H and O–H groups in total. The quantitative estimate of drug-likeness (QED) is 0.703. The van der Waals surface area contributed by atoms with Crippen LogP contribution in [0, 0.1) is 0 Å². The Hall–Kier alpha value is -2.07. The van der Waals surface area contributed by atoms with Crippen LogP contribution in [0.2, 0.25) is 0 Å². The zero-order valence-corrected chi connectivity index (χ0v) is 13.4. The van der Waals surface area contributed by atoms with Crippen molar-refractivity contribution >= 4 is 0 Å². The number of rotatable bonds is 6. The fraction of sp³-hybridized carbons (Fsp3) is 0.158.